The van der Waals surface area contributed by atoms with Gasteiger partial charge in [-0.1, -0.05) is 23.4 Å². The third-order valence-electron chi connectivity index (χ3n) is 6.26. The zero-order valence-corrected chi connectivity index (χ0v) is 21.3. The lowest BCUT2D eigenvalue weighted by molar-refractivity contribution is 0.485. The molecule has 1 aliphatic heterocycles. The van der Waals surface area contributed by atoms with Gasteiger partial charge in [-0.2, -0.15) is 4.98 Å². The monoisotopic (exact) mass is 507 g/mol. The Balaban J connectivity index is 1.36. The lowest BCUT2D eigenvalue weighted by Crippen LogP contribution is -2.49. The van der Waals surface area contributed by atoms with Crippen LogP contribution in [-0.2, 0) is 16.6 Å². The van der Waals surface area contributed by atoms with Crippen LogP contribution in [0.4, 0.5) is 23.0 Å². The number of nitrogens with one attached hydrogen (secondary N) is 2. The van der Waals surface area contributed by atoms with Crippen molar-refractivity contribution in [1.29, 1.82) is 0 Å². The van der Waals surface area contributed by atoms with E-state index in [0.29, 0.717) is 35.4 Å². The Kier molecular flexibility index (Phi) is 6.46. The van der Waals surface area contributed by atoms with Crippen LogP contribution < -0.4 is 19.8 Å². The molecule has 188 valence electrons. The van der Waals surface area contributed by atoms with Gasteiger partial charge in [0.1, 0.15) is 0 Å². The molecule has 4 aromatic rings. The number of piperazine rings is 1. The SMILES string of the molecule is CC1CN(c2ccc(Nc3ncc4nnn(Cc5ccccc5N(C)S(C)(=O)=O)c4n3)cc2)CCN1. The standard InChI is InChI=1S/C24H29N9O2S/c1-17-15-32(13-12-25-17)20-10-8-19(9-11-20)27-24-26-14-21-23(28-24)33(30-29-21)16-18-6-4-5-7-22(18)31(2)36(3,34)35/h4-11,14,17,25H,12-13,15-16H2,1-3H3,(H,26,27,28). The number of sulfonamides is 1. The molecule has 36 heavy (non-hydrogen) atoms. The van der Waals surface area contributed by atoms with Crippen LogP contribution in [0.3, 0.4) is 0 Å². The third kappa shape index (κ3) is 5.09. The van der Waals surface area contributed by atoms with Crippen molar-refractivity contribution >= 4 is 44.2 Å². The largest absolute Gasteiger partial charge is 0.369 e. The molecule has 1 fully saturated rings. The zero-order chi connectivity index (χ0) is 25.3. The molecule has 3 heterocycles. The molecule has 0 spiro atoms. The van der Waals surface area contributed by atoms with Crippen LogP contribution >= 0.6 is 0 Å². The topological polar surface area (TPSA) is 121 Å². The van der Waals surface area contributed by atoms with Gasteiger partial charge in [0.15, 0.2) is 11.2 Å². The highest BCUT2D eigenvalue weighted by molar-refractivity contribution is 7.92. The maximum absolute atomic E-state index is 12.1. The molecule has 0 bridgehead atoms. The first-order chi connectivity index (χ1) is 17.3. The highest BCUT2D eigenvalue weighted by Crippen LogP contribution is 2.24. The molecular formula is C24H29N9O2S. The first-order valence-corrected chi connectivity index (χ1v) is 13.6. The average molecular weight is 508 g/mol. The highest BCUT2D eigenvalue weighted by Gasteiger charge is 2.18. The van der Waals surface area contributed by atoms with E-state index in [2.05, 4.69) is 54.9 Å². The molecular weight excluding hydrogens is 478 g/mol. The van der Waals surface area contributed by atoms with Crippen LogP contribution in [0, 0.1) is 0 Å². The molecule has 0 aliphatic carbocycles. The molecule has 11 nitrogen and oxygen atoms in total. The number of hydrogen-bond donors (Lipinski definition) is 2. The Bertz CT molecular complexity index is 1470. The fourth-order valence-electron chi connectivity index (χ4n) is 4.28. The summed E-state index contributed by atoms with van der Waals surface area (Å²) in [4.78, 5) is 11.4. The van der Waals surface area contributed by atoms with Crippen molar-refractivity contribution in [1.82, 2.24) is 30.3 Å². The Labute approximate surface area is 210 Å². The Morgan fingerprint density at radius 1 is 1.17 bits per heavy atom. The van der Waals surface area contributed by atoms with Crippen molar-refractivity contribution in [3.8, 4) is 0 Å². The molecule has 1 unspecified atom stereocenters. The Morgan fingerprint density at radius 2 is 1.94 bits per heavy atom. The van der Waals surface area contributed by atoms with Crippen LogP contribution in [0.1, 0.15) is 12.5 Å². The summed E-state index contributed by atoms with van der Waals surface area (Å²) in [6, 6.07) is 16.0. The second-order valence-corrected chi connectivity index (χ2v) is 11.0. The van der Waals surface area contributed by atoms with Crippen LogP contribution in [-0.4, -0.2) is 72.4 Å². The van der Waals surface area contributed by atoms with Gasteiger partial charge >= 0.3 is 0 Å². The van der Waals surface area contributed by atoms with Crippen molar-refractivity contribution < 1.29 is 8.42 Å². The predicted octanol–water partition coefficient (Wildman–Crippen LogP) is 2.21. The normalized spacial score (nSPS) is 16.3. The van der Waals surface area contributed by atoms with Gasteiger partial charge in [0.25, 0.3) is 0 Å². The van der Waals surface area contributed by atoms with Crippen LogP contribution in [0.15, 0.2) is 54.7 Å². The third-order valence-corrected chi connectivity index (χ3v) is 7.45. The van der Waals surface area contributed by atoms with Gasteiger partial charge in [-0.15, -0.1) is 5.10 Å². The number of hydrogen-bond acceptors (Lipinski definition) is 9. The fraction of sp³-hybridized carbons (Fsp3) is 0.333. The molecule has 1 saturated heterocycles. The van der Waals surface area contributed by atoms with E-state index in [0.717, 1.165) is 30.9 Å². The number of aromatic nitrogens is 5. The van der Waals surface area contributed by atoms with Crippen LogP contribution in [0.25, 0.3) is 11.2 Å². The van der Waals surface area contributed by atoms with Crippen molar-refractivity contribution in [2.45, 2.75) is 19.5 Å². The van der Waals surface area contributed by atoms with Gasteiger partial charge in [0.2, 0.25) is 16.0 Å². The van der Waals surface area contributed by atoms with Gasteiger partial charge in [0.05, 0.1) is 24.7 Å². The molecule has 5 rings (SSSR count). The van der Waals surface area contributed by atoms with Crippen LogP contribution in [0.2, 0.25) is 0 Å². The van der Waals surface area contributed by atoms with Crippen LogP contribution in [0.5, 0.6) is 0 Å². The summed E-state index contributed by atoms with van der Waals surface area (Å²) in [5, 5.41) is 15.1. The molecule has 0 amide bonds. The van der Waals surface area contributed by atoms with E-state index in [1.54, 1.807) is 23.0 Å². The summed E-state index contributed by atoms with van der Waals surface area (Å²) in [6.45, 7) is 5.44. The van der Waals surface area contributed by atoms with E-state index in [-0.39, 0.29) is 0 Å². The smallest absolute Gasteiger partial charge is 0.232 e. The second kappa shape index (κ2) is 9.70. The average Bonchev–Trinajstić information content (AvgIpc) is 3.26. The van der Waals surface area contributed by atoms with E-state index in [9.17, 15) is 8.42 Å². The van der Waals surface area contributed by atoms with E-state index in [1.807, 2.05) is 24.3 Å². The number of rotatable bonds is 7. The molecule has 1 aliphatic rings. The second-order valence-electron chi connectivity index (χ2n) is 8.98. The molecule has 2 N–H and O–H groups in total. The summed E-state index contributed by atoms with van der Waals surface area (Å²) in [5.74, 6) is 0.427. The quantitative estimate of drug-likeness (QED) is 0.388. The number of para-hydroxylation sites is 1. The number of benzene rings is 2. The molecule has 2 aromatic heterocycles. The van der Waals surface area contributed by atoms with Gasteiger partial charge < -0.3 is 15.5 Å². The molecule has 0 radical (unpaired) electrons. The summed E-state index contributed by atoms with van der Waals surface area (Å²) < 4.78 is 27.1. The maximum atomic E-state index is 12.1. The number of fused-ring (bicyclic) bond motifs is 1. The minimum absolute atomic E-state index is 0.306. The van der Waals surface area contributed by atoms with Gasteiger partial charge in [-0.05, 0) is 42.8 Å². The maximum Gasteiger partial charge on any atom is 0.232 e. The van der Waals surface area contributed by atoms with Gasteiger partial charge in [0, 0.05) is 44.1 Å². The summed E-state index contributed by atoms with van der Waals surface area (Å²) in [5.41, 5.74) is 4.53. The molecule has 0 saturated carbocycles. The summed E-state index contributed by atoms with van der Waals surface area (Å²) in [6.07, 6.45) is 2.80. The molecule has 12 heteroatoms. The fourth-order valence-corrected chi connectivity index (χ4v) is 4.82. The van der Waals surface area contributed by atoms with E-state index >= 15 is 0 Å². The Morgan fingerprint density at radius 3 is 2.69 bits per heavy atom. The first-order valence-electron chi connectivity index (χ1n) is 11.7. The Hall–Kier alpha value is -3.77. The minimum Gasteiger partial charge on any atom is -0.369 e. The predicted molar refractivity (Wildman–Crippen MR) is 141 cm³/mol. The van der Waals surface area contributed by atoms with Crippen molar-refractivity contribution in [2.24, 2.45) is 0 Å². The lowest BCUT2D eigenvalue weighted by atomic mass is 10.2. The summed E-state index contributed by atoms with van der Waals surface area (Å²) >= 11 is 0. The van der Waals surface area contributed by atoms with Gasteiger partial charge in [-0.25, -0.2) is 18.1 Å². The van der Waals surface area contributed by atoms with E-state index < -0.39 is 10.0 Å². The van der Waals surface area contributed by atoms with Crippen molar-refractivity contribution in [3.63, 3.8) is 0 Å². The molecule has 1 atom stereocenters. The summed E-state index contributed by atoms with van der Waals surface area (Å²) in [7, 11) is -1.87. The minimum atomic E-state index is -3.41. The number of nitrogens with zero attached hydrogens (tertiary/aromatic N) is 7. The zero-order valence-electron chi connectivity index (χ0n) is 20.5. The van der Waals surface area contributed by atoms with E-state index in [4.69, 9.17) is 0 Å². The van der Waals surface area contributed by atoms with Crippen molar-refractivity contribution in [3.05, 3.63) is 60.3 Å². The number of anilines is 4. The highest BCUT2D eigenvalue weighted by atomic mass is 32.2. The van der Waals surface area contributed by atoms with Crippen molar-refractivity contribution in [2.75, 3.05) is 47.5 Å². The lowest BCUT2D eigenvalue weighted by Gasteiger charge is -2.33. The van der Waals surface area contributed by atoms with Gasteiger partial charge in [-0.3, -0.25) is 4.31 Å². The molecule has 2 aromatic carbocycles. The first kappa shape index (κ1) is 23.9. The van der Waals surface area contributed by atoms with E-state index in [1.165, 1.54) is 23.3 Å².